The van der Waals surface area contributed by atoms with Crippen LogP contribution >= 0.6 is 23.2 Å². The number of hydrogen-bond acceptors (Lipinski definition) is 0. The third-order valence-electron chi connectivity index (χ3n) is 5.51. The van der Waals surface area contributed by atoms with Crippen LogP contribution in [-0.4, -0.2) is 0 Å². The van der Waals surface area contributed by atoms with Crippen molar-refractivity contribution in [3.63, 3.8) is 0 Å². The van der Waals surface area contributed by atoms with Crippen molar-refractivity contribution in [1.82, 2.24) is 0 Å². The fourth-order valence-corrected chi connectivity index (χ4v) is 5.85. The highest BCUT2D eigenvalue weighted by molar-refractivity contribution is 6.34. The van der Waals surface area contributed by atoms with Gasteiger partial charge in [-0.05, 0) is 85.5 Å². The van der Waals surface area contributed by atoms with Crippen molar-refractivity contribution in [3.8, 4) is 0 Å². The van der Waals surface area contributed by atoms with Crippen LogP contribution in [0, 0.1) is 17.8 Å². The third-order valence-corrected chi connectivity index (χ3v) is 5.95. The zero-order valence-corrected chi connectivity index (χ0v) is 12.0. The van der Waals surface area contributed by atoms with Gasteiger partial charge in [0, 0.05) is 10.0 Å². The van der Waals surface area contributed by atoms with Crippen molar-refractivity contribution >= 4 is 23.2 Å². The average molecular weight is 281 g/mol. The van der Waals surface area contributed by atoms with Gasteiger partial charge in [0.15, 0.2) is 0 Å². The average Bonchev–Trinajstić information content (AvgIpc) is 2.25. The van der Waals surface area contributed by atoms with Crippen LogP contribution in [0.25, 0.3) is 0 Å². The van der Waals surface area contributed by atoms with E-state index in [4.69, 9.17) is 23.2 Å². The summed E-state index contributed by atoms with van der Waals surface area (Å²) in [5, 5.41) is 1.60. The molecule has 1 aromatic rings. The molecule has 96 valence electrons. The summed E-state index contributed by atoms with van der Waals surface area (Å²) in [4.78, 5) is 0. The highest BCUT2D eigenvalue weighted by Gasteiger charge is 2.51. The molecule has 0 heterocycles. The van der Waals surface area contributed by atoms with Crippen LogP contribution in [0.2, 0.25) is 10.0 Å². The van der Waals surface area contributed by atoms with Gasteiger partial charge in [0.05, 0.1) is 0 Å². The summed E-state index contributed by atoms with van der Waals surface area (Å²) in [6, 6.07) is 6.19. The first kappa shape index (κ1) is 11.6. The Hall–Kier alpha value is -0.200. The smallest absolute Gasteiger partial charge is 0.0423 e. The molecule has 0 spiro atoms. The van der Waals surface area contributed by atoms with E-state index in [2.05, 4.69) is 12.1 Å². The molecular formula is C16H18Cl2. The maximum atomic E-state index is 6.21. The van der Waals surface area contributed by atoms with Crippen LogP contribution < -0.4 is 0 Å². The van der Waals surface area contributed by atoms with Gasteiger partial charge in [-0.15, -0.1) is 0 Å². The number of hydrogen-bond donors (Lipinski definition) is 0. The lowest BCUT2D eigenvalue weighted by molar-refractivity contribution is -0.00518. The molecule has 18 heavy (non-hydrogen) atoms. The van der Waals surface area contributed by atoms with Gasteiger partial charge in [0.25, 0.3) is 0 Å². The molecule has 4 saturated carbocycles. The summed E-state index contributed by atoms with van der Waals surface area (Å²) < 4.78 is 0. The molecule has 0 N–H and O–H groups in total. The molecule has 4 fully saturated rings. The number of rotatable bonds is 1. The maximum Gasteiger partial charge on any atom is 0.0423 e. The second-order valence-corrected chi connectivity index (χ2v) is 7.73. The van der Waals surface area contributed by atoms with Gasteiger partial charge < -0.3 is 0 Å². The summed E-state index contributed by atoms with van der Waals surface area (Å²) in [7, 11) is 0. The minimum Gasteiger partial charge on any atom is -0.0843 e. The monoisotopic (exact) mass is 280 g/mol. The van der Waals surface area contributed by atoms with Crippen LogP contribution in [0.4, 0.5) is 0 Å². The Morgan fingerprint density at radius 3 is 1.67 bits per heavy atom. The Labute approximate surface area is 119 Å². The lowest BCUT2D eigenvalue weighted by Gasteiger charge is -2.57. The molecule has 5 rings (SSSR count). The van der Waals surface area contributed by atoms with E-state index in [1.54, 1.807) is 0 Å². The van der Waals surface area contributed by atoms with Crippen LogP contribution in [0.5, 0.6) is 0 Å². The molecule has 1 aromatic carbocycles. The quantitative estimate of drug-likeness (QED) is 0.641. The number of benzene rings is 1. The predicted molar refractivity (Wildman–Crippen MR) is 76.3 cm³/mol. The zero-order chi connectivity index (χ0) is 12.3. The predicted octanol–water partition coefficient (Wildman–Crippen LogP) is 5.46. The van der Waals surface area contributed by atoms with Crippen molar-refractivity contribution in [2.75, 3.05) is 0 Å². The van der Waals surface area contributed by atoms with Gasteiger partial charge in [-0.25, -0.2) is 0 Å². The van der Waals surface area contributed by atoms with Gasteiger partial charge in [0.1, 0.15) is 0 Å². The minimum atomic E-state index is 0.406. The summed E-state index contributed by atoms with van der Waals surface area (Å²) in [5.41, 5.74) is 1.82. The molecule has 4 aliphatic rings. The lowest BCUT2D eigenvalue weighted by Crippen LogP contribution is -2.48. The fraction of sp³-hybridized carbons (Fsp3) is 0.625. The van der Waals surface area contributed by atoms with E-state index in [-0.39, 0.29) is 0 Å². The van der Waals surface area contributed by atoms with E-state index in [0.29, 0.717) is 5.41 Å². The summed E-state index contributed by atoms with van der Waals surface area (Å²) in [5.74, 6) is 2.90. The van der Waals surface area contributed by atoms with Crippen molar-refractivity contribution < 1.29 is 0 Å². The molecule has 0 aromatic heterocycles. The molecule has 0 saturated heterocycles. The van der Waals surface area contributed by atoms with Crippen LogP contribution in [-0.2, 0) is 5.41 Å². The van der Waals surface area contributed by atoms with E-state index in [1.165, 1.54) is 44.1 Å². The Kier molecular flexibility index (Phi) is 2.51. The Balaban J connectivity index is 1.79. The van der Waals surface area contributed by atoms with Crippen molar-refractivity contribution in [2.24, 2.45) is 17.8 Å². The summed E-state index contributed by atoms with van der Waals surface area (Å²) >= 11 is 12.4. The maximum absolute atomic E-state index is 6.21. The molecule has 4 aliphatic carbocycles. The Bertz CT molecular complexity index is 436. The first-order valence-corrected chi connectivity index (χ1v) is 7.85. The Morgan fingerprint density at radius 2 is 1.22 bits per heavy atom. The molecule has 0 atom stereocenters. The molecule has 0 radical (unpaired) electrons. The molecule has 0 aliphatic heterocycles. The first-order chi connectivity index (χ1) is 8.63. The van der Waals surface area contributed by atoms with Gasteiger partial charge in [0.2, 0.25) is 0 Å². The second-order valence-electron chi connectivity index (χ2n) is 6.86. The SMILES string of the molecule is Clc1cc(Cl)cc(C23CC4CC(CC(C4)C2)C3)c1. The van der Waals surface area contributed by atoms with E-state index in [0.717, 1.165) is 27.8 Å². The van der Waals surface area contributed by atoms with Gasteiger partial charge in [-0.3, -0.25) is 0 Å². The molecule has 0 nitrogen and oxygen atoms in total. The van der Waals surface area contributed by atoms with Crippen LogP contribution in [0.15, 0.2) is 18.2 Å². The lowest BCUT2D eigenvalue weighted by atomic mass is 9.48. The standard InChI is InChI=1S/C16H18Cl2/c17-14-4-13(5-15(18)6-14)16-7-10-1-11(8-16)3-12(2-10)9-16/h4-6,10-12H,1-3,7-9H2. The molecule has 2 heteroatoms. The van der Waals surface area contributed by atoms with Gasteiger partial charge in [-0.1, -0.05) is 23.2 Å². The number of halogens is 2. The fourth-order valence-electron chi connectivity index (χ4n) is 5.32. The van der Waals surface area contributed by atoms with Crippen LogP contribution in [0.3, 0.4) is 0 Å². The second kappa shape index (κ2) is 3.90. The van der Waals surface area contributed by atoms with Crippen molar-refractivity contribution in [3.05, 3.63) is 33.8 Å². The molecule has 0 unspecified atom stereocenters. The largest absolute Gasteiger partial charge is 0.0843 e. The van der Waals surface area contributed by atoms with E-state index in [1.807, 2.05) is 6.07 Å². The van der Waals surface area contributed by atoms with Crippen LogP contribution in [0.1, 0.15) is 44.1 Å². The summed E-state index contributed by atoms with van der Waals surface area (Å²) in [6.07, 6.45) is 8.55. The van der Waals surface area contributed by atoms with Gasteiger partial charge >= 0.3 is 0 Å². The molecule has 4 bridgehead atoms. The van der Waals surface area contributed by atoms with Crippen molar-refractivity contribution in [1.29, 1.82) is 0 Å². The van der Waals surface area contributed by atoms with E-state index >= 15 is 0 Å². The molecular weight excluding hydrogens is 263 g/mol. The van der Waals surface area contributed by atoms with E-state index in [9.17, 15) is 0 Å². The first-order valence-electron chi connectivity index (χ1n) is 7.09. The summed E-state index contributed by atoms with van der Waals surface area (Å²) in [6.45, 7) is 0. The highest BCUT2D eigenvalue weighted by atomic mass is 35.5. The van der Waals surface area contributed by atoms with Crippen molar-refractivity contribution in [2.45, 2.75) is 43.9 Å². The van der Waals surface area contributed by atoms with Gasteiger partial charge in [-0.2, -0.15) is 0 Å². The Morgan fingerprint density at radius 1 is 0.778 bits per heavy atom. The topological polar surface area (TPSA) is 0 Å². The normalized spacial score (nSPS) is 41.3. The molecule has 0 amide bonds. The third kappa shape index (κ3) is 1.72. The highest BCUT2D eigenvalue weighted by Crippen LogP contribution is 2.60. The van der Waals surface area contributed by atoms with E-state index < -0.39 is 0 Å². The zero-order valence-electron chi connectivity index (χ0n) is 10.5. The minimum absolute atomic E-state index is 0.406.